The van der Waals surface area contributed by atoms with E-state index in [1.165, 1.54) is 6.42 Å². The van der Waals surface area contributed by atoms with Gasteiger partial charge in [-0.3, -0.25) is 4.79 Å². The predicted molar refractivity (Wildman–Crippen MR) is 89.3 cm³/mol. The lowest BCUT2D eigenvalue weighted by Gasteiger charge is -2.34. The van der Waals surface area contributed by atoms with Crippen LogP contribution in [0.5, 0.6) is 0 Å². The number of rotatable bonds is 4. The van der Waals surface area contributed by atoms with E-state index in [1.54, 1.807) is 13.8 Å². The number of Topliss-reactive ketones (excluding diaryl/α,β-unsaturated/α-hetero) is 1. The Morgan fingerprint density at radius 2 is 1.54 bits per heavy atom. The Hall–Kier alpha value is -1.36. The quantitative estimate of drug-likeness (QED) is 0.717. The molecule has 0 N–H and O–H groups in total. The number of piperidine rings is 1. The van der Waals surface area contributed by atoms with Crippen molar-refractivity contribution >= 4 is 5.78 Å². The highest BCUT2D eigenvalue weighted by molar-refractivity contribution is 6.02. The van der Waals surface area contributed by atoms with Crippen molar-refractivity contribution in [3.05, 3.63) is 34.4 Å². The lowest BCUT2D eigenvalue weighted by Crippen LogP contribution is -2.42. The number of benzene rings is 1. The molecule has 0 radical (unpaired) electrons. The summed E-state index contributed by atoms with van der Waals surface area (Å²) in [5, 5.41) is 0. The summed E-state index contributed by atoms with van der Waals surface area (Å²) in [6, 6.07) is 2.16. The van der Waals surface area contributed by atoms with Gasteiger partial charge in [0, 0.05) is 17.5 Å². The van der Waals surface area contributed by atoms with E-state index in [4.69, 9.17) is 0 Å². The van der Waals surface area contributed by atoms with Gasteiger partial charge >= 0.3 is 6.18 Å². The number of hydrogen-bond acceptors (Lipinski definition) is 2. The molecule has 0 amide bonds. The molecule has 1 aliphatic rings. The average molecular weight is 341 g/mol. The van der Waals surface area contributed by atoms with Crippen molar-refractivity contribution in [2.24, 2.45) is 5.41 Å². The van der Waals surface area contributed by atoms with Crippen LogP contribution in [0.15, 0.2) is 12.1 Å². The second-order valence-electron chi connectivity index (χ2n) is 7.53. The zero-order chi connectivity index (χ0) is 18.1. The molecule has 1 saturated heterocycles. The molecule has 2 nitrogen and oxygen atoms in total. The highest BCUT2D eigenvalue weighted by atomic mass is 19.4. The van der Waals surface area contributed by atoms with E-state index in [1.807, 2.05) is 13.8 Å². The number of halogens is 3. The summed E-state index contributed by atoms with van der Waals surface area (Å²) in [6.07, 6.45) is -0.881. The zero-order valence-corrected chi connectivity index (χ0v) is 14.9. The molecule has 134 valence electrons. The summed E-state index contributed by atoms with van der Waals surface area (Å²) in [7, 11) is 0. The van der Waals surface area contributed by atoms with E-state index in [2.05, 4.69) is 4.90 Å². The smallest absolute Gasteiger partial charge is 0.302 e. The topological polar surface area (TPSA) is 20.3 Å². The SMILES string of the molecule is Cc1cc(C(F)(F)F)cc(C)c1C(=O)C(C)(C)CN1CCCCC1. The van der Waals surface area contributed by atoms with Crippen LogP contribution >= 0.6 is 0 Å². The Kier molecular flexibility index (Phi) is 5.43. The summed E-state index contributed by atoms with van der Waals surface area (Å²) in [5.74, 6) is -0.0724. The Labute approximate surface area is 142 Å². The average Bonchev–Trinajstić information content (AvgIpc) is 2.46. The molecule has 0 bridgehead atoms. The van der Waals surface area contributed by atoms with Gasteiger partial charge in [0.25, 0.3) is 0 Å². The number of aryl methyl sites for hydroxylation is 2. The number of ketones is 1. The summed E-state index contributed by atoms with van der Waals surface area (Å²) in [6.45, 7) is 9.58. The first-order valence-corrected chi connectivity index (χ1v) is 8.48. The number of alkyl halides is 3. The summed E-state index contributed by atoms with van der Waals surface area (Å²) < 4.78 is 38.8. The molecular weight excluding hydrogens is 315 g/mol. The minimum Gasteiger partial charge on any atom is -0.302 e. The van der Waals surface area contributed by atoms with Gasteiger partial charge in [-0.05, 0) is 63.0 Å². The van der Waals surface area contributed by atoms with Gasteiger partial charge < -0.3 is 4.90 Å². The molecule has 2 rings (SSSR count). The molecule has 0 atom stereocenters. The Morgan fingerprint density at radius 1 is 1.04 bits per heavy atom. The third-order valence-corrected chi connectivity index (χ3v) is 4.77. The van der Waals surface area contributed by atoms with E-state index in [9.17, 15) is 18.0 Å². The normalized spacial score (nSPS) is 17.1. The molecule has 0 aliphatic carbocycles. The van der Waals surface area contributed by atoms with Crippen molar-refractivity contribution in [2.45, 2.75) is 53.1 Å². The monoisotopic (exact) mass is 341 g/mol. The second kappa shape index (κ2) is 6.87. The van der Waals surface area contributed by atoms with Gasteiger partial charge in [-0.25, -0.2) is 0 Å². The van der Waals surface area contributed by atoms with E-state index in [0.717, 1.165) is 38.1 Å². The fourth-order valence-corrected chi connectivity index (χ4v) is 3.57. The standard InChI is InChI=1S/C19H26F3NO/c1-13-10-15(19(20,21)22)11-14(2)16(13)17(24)18(3,4)12-23-8-6-5-7-9-23/h10-11H,5-9,12H2,1-4H3. The van der Waals surface area contributed by atoms with Gasteiger partial charge in [0.05, 0.1) is 5.56 Å². The molecule has 1 aliphatic heterocycles. The Morgan fingerprint density at radius 3 is 2.00 bits per heavy atom. The first-order chi connectivity index (χ1) is 11.0. The van der Waals surface area contributed by atoms with Gasteiger partial charge in [0.2, 0.25) is 0 Å². The van der Waals surface area contributed by atoms with Crippen LogP contribution in [0, 0.1) is 19.3 Å². The number of carbonyl (C=O) groups is 1. The van der Waals surface area contributed by atoms with Crippen molar-refractivity contribution in [3.8, 4) is 0 Å². The molecule has 1 fully saturated rings. The fourth-order valence-electron chi connectivity index (χ4n) is 3.57. The zero-order valence-electron chi connectivity index (χ0n) is 14.9. The van der Waals surface area contributed by atoms with Gasteiger partial charge in [-0.1, -0.05) is 20.3 Å². The molecule has 0 saturated carbocycles. The maximum atomic E-state index is 13.0. The van der Waals surface area contributed by atoms with Gasteiger partial charge in [-0.15, -0.1) is 0 Å². The molecule has 1 heterocycles. The number of carbonyl (C=O) groups excluding carboxylic acids is 1. The van der Waals surface area contributed by atoms with Crippen LogP contribution in [-0.4, -0.2) is 30.3 Å². The number of likely N-dealkylation sites (tertiary alicyclic amines) is 1. The highest BCUT2D eigenvalue weighted by Crippen LogP contribution is 2.34. The van der Waals surface area contributed by atoms with Crippen molar-refractivity contribution in [1.29, 1.82) is 0 Å². The maximum absolute atomic E-state index is 13.0. The molecule has 0 spiro atoms. The number of hydrogen-bond donors (Lipinski definition) is 0. The van der Waals surface area contributed by atoms with E-state index in [0.29, 0.717) is 23.2 Å². The van der Waals surface area contributed by atoms with Crippen LogP contribution < -0.4 is 0 Å². The molecule has 1 aromatic carbocycles. The lowest BCUT2D eigenvalue weighted by molar-refractivity contribution is -0.137. The van der Waals surface area contributed by atoms with E-state index < -0.39 is 17.2 Å². The van der Waals surface area contributed by atoms with Gasteiger partial charge in [-0.2, -0.15) is 13.2 Å². The van der Waals surface area contributed by atoms with Gasteiger partial charge in [0.15, 0.2) is 5.78 Å². The number of nitrogens with zero attached hydrogens (tertiary/aromatic N) is 1. The van der Waals surface area contributed by atoms with Crippen LogP contribution in [0.3, 0.4) is 0 Å². The van der Waals surface area contributed by atoms with Crippen LogP contribution in [0.2, 0.25) is 0 Å². The largest absolute Gasteiger partial charge is 0.416 e. The molecule has 5 heteroatoms. The third kappa shape index (κ3) is 4.18. The van der Waals surface area contributed by atoms with Crippen molar-refractivity contribution in [3.63, 3.8) is 0 Å². The molecule has 1 aromatic rings. The van der Waals surface area contributed by atoms with Crippen LogP contribution in [0.1, 0.15) is 60.2 Å². The van der Waals surface area contributed by atoms with Crippen molar-refractivity contribution in [1.82, 2.24) is 4.90 Å². The molecule has 0 unspecified atom stereocenters. The highest BCUT2D eigenvalue weighted by Gasteiger charge is 2.35. The van der Waals surface area contributed by atoms with Crippen molar-refractivity contribution in [2.75, 3.05) is 19.6 Å². The second-order valence-corrected chi connectivity index (χ2v) is 7.53. The molecule has 24 heavy (non-hydrogen) atoms. The summed E-state index contributed by atoms with van der Waals surface area (Å²) in [5.41, 5.74) is -0.0712. The fraction of sp³-hybridized carbons (Fsp3) is 0.632. The van der Waals surface area contributed by atoms with E-state index >= 15 is 0 Å². The Balaban J connectivity index is 2.27. The Bertz CT molecular complexity index is 591. The predicted octanol–water partition coefficient (Wildman–Crippen LogP) is 5.02. The van der Waals surface area contributed by atoms with Gasteiger partial charge in [0.1, 0.15) is 0 Å². The van der Waals surface area contributed by atoms with Crippen LogP contribution in [-0.2, 0) is 6.18 Å². The van der Waals surface area contributed by atoms with Crippen molar-refractivity contribution < 1.29 is 18.0 Å². The molecule has 0 aromatic heterocycles. The minimum absolute atomic E-state index is 0.0724. The third-order valence-electron chi connectivity index (χ3n) is 4.77. The van der Waals surface area contributed by atoms with E-state index in [-0.39, 0.29) is 5.78 Å². The lowest BCUT2D eigenvalue weighted by atomic mass is 9.80. The summed E-state index contributed by atoms with van der Waals surface area (Å²) >= 11 is 0. The minimum atomic E-state index is -4.39. The molecular formula is C19H26F3NO. The van der Waals surface area contributed by atoms with Crippen LogP contribution in [0.4, 0.5) is 13.2 Å². The first-order valence-electron chi connectivity index (χ1n) is 8.48. The first kappa shape index (κ1) is 19.0. The summed E-state index contributed by atoms with van der Waals surface area (Å²) in [4.78, 5) is 15.3. The maximum Gasteiger partial charge on any atom is 0.416 e. The van der Waals surface area contributed by atoms with Crippen LogP contribution in [0.25, 0.3) is 0 Å².